The molecule has 2 unspecified atom stereocenters. The average molecular weight is 238 g/mol. The minimum atomic E-state index is 0.446. The summed E-state index contributed by atoms with van der Waals surface area (Å²) in [6.07, 6.45) is 4.22. The molecular weight excluding hydrogens is 208 g/mol. The Labute approximate surface area is 107 Å². The molecule has 100 valence electrons. The second-order valence-corrected chi connectivity index (χ2v) is 7.21. The van der Waals surface area contributed by atoms with Crippen LogP contribution in [-0.4, -0.2) is 48.6 Å². The van der Waals surface area contributed by atoms with E-state index in [1.165, 1.54) is 52.0 Å². The molecular formula is C15H30N2. The van der Waals surface area contributed by atoms with Crippen LogP contribution < -0.4 is 0 Å². The zero-order valence-electron chi connectivity index (χ0n) is 12.2. The summed E-state index contributed by atoms with van der Waals surface area (Å²) in [6, 6.07) is 0.865. The van der Waals surface area contributed by atoms with Crippen LogP contribution in [0.25, 0.3) is 0 Å². The van der Waals surface area contributed by atoms with E-state index in [1.807, 2.05) is 0 Å². The van der Waals surface area contributed by atoms with Gasteiger partial charge in [0, 0.05) is 19.1 Å². The number of nitrogens with zero attached hydrogens (tertiary/aromatic N) is 2. The molecule has 0 amide bonds. The lowest BCUT2D eigenvalue weighted by Crippen LogP contribution is -2.40. The number of hydrogen-bond acceptors (Lipinski definition) is 2. The molecule has 0 aromatic carbocycles. The van der Waals surface area contributed by atoms with Gasteiger partial charge in [0.2, 0.25) is 0 Å². The van der Waals surface area contributed by atoms with Crippen LogP contribution in [0, 0.1) is 11.3 Å². The van der Waals surface area contributed by atoms with Gasteiger partial charge in [0.25, 0.3) is 0 Å². The van der Waals surface area contributed by atoms with Crippen molar-refractivity contribution in [3.05, 3.63) is 0 Å². The number of fused-ring (bicyclic) bond motifs is 1. The number of rotatable bonds is 2. The monoisotopic (exact) mass is 238 g/mol. The van der Waals surface area contributed by atoms with Crippen LogP contribution in [0.5, 0.6) is 0 Å². The predicted octanol–water partition coefficient (Wildman–Crippen LogP) is 2.84. The SMILES string of the molecule is CC(CN1CCCN2CCCC2C1)C(C)(C)C. The Morgan fingerprint density at radius 2 is 1.82 bits per heavy atom. The lowest BCUT2D eigenvalue weighted by Gasteiger charge is -2.33. The summed E-state index contributed by atoms with van der Waals surface area (Å²) >= 11 is 0. The van der Waals surface area contributed by atoms with Gasteiger partial charge in [-0.25, -0.2) is 0 Å². The topological polar surface area (TPSA) is 6.48 Å². The van der Waals surface area contributed by atoms with Crippen LogP contribution >= 0.6 is 0 Å². The molecule has 0 saturated carbocycles. The smallest absolute Gasteiger partial charge is 0.0223 e. The van der Waals surface area contributed by atoms with Crippen molar-refractivity contribution >= 4 is 0 Å². The Kier molecular flexibility index (Phi) is 4.14. The first kappa shape index (κ1) is 13.4. The van der Waals surface area contributed by atoms with Crippen molar-refractivity contribution in [3.8, 4) is 0 Å². The van der Waals surface area contributed by atoms with E-state index >= 15 is 0 Å². The first-order valence-corrected chi connectivity index (χ1v) is 7.43. The Bertz CT molecular complexity index is 244. The van der Waals surface area contributed by atoms with Gasteiger partial charge in [-0.15, -0.1) is 0 Å². The fourth-order valence-electron chi connectivity index (χ4n) is 3.11. The van der Waals surface area contributed by atoms with Crippen LogP contribution in [0.3, 0.4) is 0 Å². The van der Waals surface area contributed by atoms with Gasteiger partial charge in [-0.1, -0.05) is 27.7 Å². The third-order valence-electron chi connectivity index (χ3n) is 4.90. The fourth-order valence-corrected chi connectivity index (χ4v) is 3.11. The largest absolute Gasteiger partial charge is 0.301 e. The summed E-state index contributed by atoms with van der Waals surface area (Å²) in [5.41, 5.74) is 0.446. The van der Waals surface area contributed by atoms with Gasteiger partial charge in [-0.3, -0.25) is 4.90 Å². The Morgan fingerprint density at radius 3 is 2.53 bits per heavy atom. The maximum atomic E-state index is 2.73. The van der Waals surface area contributed by atoms with Crippen LogP contribution in [0.1, 0.15) is 47.0 Å². The minimum absolute atomic E-state index is 0.446. The zero-order valence-corrected chi connectivity index (χ0v) is 12.2. The van der Waals surface area contributed by atoms with Crippen LogP contribution in [0.2, 0.25) is 0 Å². The van der Waals surface area contributed by atoms with Crippen LogP contribution in [0.15, 0.2) is 0 Å². The molecule has 0 aliphatic carbocycles. The van der Waals surface area contributed by atoms with Crippen molar-refractivity contribution in [3.63, 3.8) is 0 Å². The lowest BCUT2D eigenvalue weighted by atomic mass is 9.82. The summed E-state index contributed by atoms with van der Waals surface area (Å²) in [5, 5.41) is 0. The van der Waals surface area contributed by atoms with E-state index in [1.54, 1.807) is 0 Å². The molecule has 0 aromatic heterocycles. The zero-order chi connectivity index (χ0) is 12.5. The third kappa shape index (κ3) is 3.45. The maximum Gasteiger partial charge on any atom is 0.0223 e. The van der Waals surface area contributed by atoms with Gasteiger partial charge in [0.05, 0.1) is 0 Å². The van der Waals surface area contributed by atoms with Gasteiger partial charge in [-0.05, 0) is 50.2 Å². The van der Waals surface area contributed by atoms with Crippen LogP contribution in [-0.2, 0) is 0 Å². The summed E-state index contributed by atoms with van der Waals surface area (Å²) in [7, 11) is 0. The van der Waals surface area contributed by atoms with Gasteiger partial charge in [-0.2, -0.15) is 0 Å². The molecule has 2 aliphatic heterocycles. The van der Waals surface area contributed by atoms with Crippen molar-refractivity contribution in [1.82, 2.24) is 9.80 Å². The molecule has 2 saturated heterocycles. The number of hydrogen-bond donors (Lipinski definition) is 0. The molecule has 2 nitrogen and oxygen atoms in total. The van der Waals surface area contributed by atoms with E-state index in [-0.39, 0.29) is 0 Å². The molecule has 2 heterocycles. The Hall–Kier alpha value is -0.0800. The molecule has 0 aromatic rings. The Morgan fingerprint density at radius 1 is 1.12 bits per heavy atom. The maximum absolute atomic E-state index is 2.73. The molecule has 0 radical (unpaired) electrons. The van der Waals surface area contributed by atoms with Gasteiger partial charge in [0.1, 0.15) is 0 Å². The Balaban J connectivity index is 1.88. The second-order valence-electron chi connectivity index (χ2n) is 7.21. The van der Waals surface area contributed by atoms with Crippen molar-refractivity contribution in [1.29, 1.82) is 0 Å². The van der Waals surface area contributed by atoms with E-state index in [0.29, 0.717) is 5.41 Å². The van der Waals surface area contributed by atoms with E-state index in [0.717, 1.165) is 12.0 Å². The molecule has 2 atom stereocenters. The second kappa shape index (κ2) is 5.27. The molecule has 2 fully saturated rings. The highest BCUT2D eigenvalue weighted by Crippen LogP contribution is 2.28. The summed E-state index contributed by atoms with van der Waals surface area (Å²) in [4.78, 5) is 5.45. The fraction of sp³-hybridized carbons (Fsp3) is 1.00. The van der Waals surface area contributed by atoms with Crippen molar-refractivity contribution in [2.75, 3.05) is 32.7 Å². The lowest BCUT2D eigenvalue weighted by molar-refractivity contribution is 0.150. The molecule has 2 aliphatic rings. The van der Waals surface area contributed by atoms with Crippen LogP contribution in [0.4, 0.5) is 0 Å². The summed E-state index contributed by atoms with van der Waals surface area (Å²) in [5.74, 6) is 0.787. The van der Waals surface area contributed by atoms with Crippen molar-refractivity contribution in [2.24, 2.45) is 11.3 Å². The highest BCUT2D eigenvalue weighted by Gasteiger charge is 2.30. The first-order valence-electron chi connectivity index (χ1n) is 7.43. The highest BCUT2D eigenvalue weighted by atomic mass is 15.3. The molecule has 0 bridgehead atoms. The van der Waals surface area contributed by atoms with Crippen molar-refractivity contribution in [2.45, 2.75) is 53.0 Å². The molecule has 2 heteroatoms. The summed E-state index contributed by atoms with van der Waals surface area (Å²) in [6.45, 7) is 16.1. The van der Waals surface area contributed by atoms with Gasteiger partial charge < -0.3 is 4.90 Å². The highest BCUT2D eigenvalue weighted by molar-refractivity contribution is 4.86. The van der Waals surface area contributed by atoms with E-state index < -0.39 is 0 Å². The quantitative estimate of drug-likeness (QED) is 0.730. The molecule has 17 heavy (non-hydrogen) atoms. The average Bonchev–Trinajstić information content (AvgIpc) is 2.56. The third-order valence-corrected chi connectivity index (χ3v) is 4.90. The first-order chi connectivity index (χ1) is 7.97. The predicted molar refractivity (Wildman–Crippen MR) is 74.3 cm³/mol. The van der Waals surface area contributed by atoms with E-state index in [9.17, 15) is 0 Å². The summed E-state index contributed by atoms with van der Waals surface area (Å²) < 4.78 is 0. The normalized spacial score (nSPS) is 30.0. The van der Waals surface area contributed by atoms with Gasteiger partial charge in [0.15, 0.2) is 0 Å². The van der Waals surface area contributed by atoms with Crippen molar-refractivity contribution < 1.29 is 0 Å². The minimum Gasteiger partial charge on any atom is -0.301 e. The molecule has 2 rings (SSSR count). The van der Waals surface area contributed by atoms with E-state index in [2.05, 4.69) is 37.5 Å². The van der Waals surface area contributed by atoms with Gasteiger partial charge >= 0.3 is 0 Å². The molecule has 0 spiro atoms. The molecule has 0 N–H and O–H groups in total. The standard InChI is InChI=1S/C15H30N2/c1-13(15(2,3)4)11-16-8-6-10-17-9-5-7-14(17)12-16/h13-14H,5-12H2,1-4H3. The van der Waals surface area contributed by atoms with E-state index in [4.69, 9.17) is 0 Å².